The van der Waals surface area contributed by atoms with E-state index in [9.17, 15) is 14.4 Å². The van der Waals surface area contributed by atoms with Crippen LogP contribution < -0.4 is 20.5 Å². The number of aryl methyl sites for hydroxylation is 1. The molecular formula is C25H20BrN3O4. The maximum Gasteiger partial charge on any atom is 0.282 e. The summed E-state index contributed by atoms with van der Waals surface area (Å²) in [6, 6.07) is 21.4. The van der Waals surface area contributed by atoms with Crippen molar-refractivity contribution in [2.45, 2.75) is 6.92 Å². The Morgan fingerprint density at radius 2 is 1.79 bits per heavy atom. The molecule has 1 aliphatic heterocycles. The number of halogens is 1. The molecule has 0 radical (unpaired) electrons. The molecule has 0 aliphatic carbocycles. The van der Waals surface area contributed by atoms with Gasteiger partial charge in [0.2, 0.25) is 0 Å². The number of ether oxygens (including phenoxy) is 1. The van der Waals surface area contributed by atoms with Crippen molar-refractivity contribution < 1.29 is 19.1 Å². The molecule has 3 aromatic carbocycles. The Balaban J connectivity index is 1.51. The molecule has 1 aliphatic rings. The molecular weight excluding hydrogens is 486 g/mol. The SMILES string of the molecule is Cc1ccc(NC(=O)COc2ccc(Br)cc2/C=C2/C(=O)NN(c3ccccc3)C2=O)cc1. The van der Waals surface area contributed by atoms with Crippen molar-refractivity contribution in [3.05, 3.63) is 94.0 Å². The summed E-state index contributed by atoms with van der Waals surface area (Å²) in [6.07, 6.45) is 1.46. The predicted molar refractivity (Wildman–Crippen MR) is 129 cm³/mol. The summed E-state index contributed by atoms with van der Waals surface area (Å²) in [5.74, 6) is -0.963. The topological polar surface area (TPSA) is 87.7 Å². The number of anilines is 2. The van der Waals surface area contributed by atoms with Gasteiger partial charge in [0.15, 0.2) is 6.61 Å². The smallest absolute Gasteiger partial charge is 0.282 e. The number of nitrogens with one attached hydrogen (secondary N) is 2. The Bertz CT molecular complexity index is 1240. The first-order valence-electron chi connectivity index (χ1n) is 10.1. The first-order valence-corrected chi connectivity index (χ1v) is 10.9. The predicted octanol–water partition coefficient (Wildman–Crippen LogP) is 4.24. The average molecular weight is 506 g/mol. The Kier molecular flexibility index (Phi) is 6.55. The molecule has 3 amide bonds. The molecule has 2 N–H and O–H groups in total. The van der Waals surface area contributed by atoms with Gasteiger partial charge in [-0.25, -0.2) is 5.01 Å². The molecule has 166 valence electrons. The summed E-state index contributed by atoms with van der Waals surface area (Å²) in [5, 5.41) is 3.96. The maximum atomic E-state index is 12.9. The lowest BCUT2D eigenvalue weighted by molar-refractivity contribution is -0.118. The van der Waals surface area contributed by atoms with E-state index in [-0.39, 0.29) is 18.1 Å². The first kappa shape index (κ1) is 22.3. The molecule has 4 rings (SSSR count). The Hall–Kier alpha value is -3.91. The minimum Gasteiger partial charge on any atom is -0.483 e. The molecule has 1 saturated heterocycles. The van der Waals surface area contributed by atoms with Crippen LogP contribution in [0.4, 0.5) is 11.4 Å². The van der Waals surface area contributed by atoms with Gasteiger partial charge in [-0.2, -0.15) is 0 Å². The van der Waals surface area contributed by atoms with Crippen LogP contribution in [0, 0.1) is 6.92 Å². The van der Waals surface area contributed by atoms with Crippen molar-refractivity contribution in [3.63, 3.8) is 0 Å². The summed E-state index contributed by atoms with van der Waals surface area (Å²) < 4.78 is 6.44. The van der Waals surface area contributed by atoms with Crippen LogP contribution >= 0.6 is 15.9 Å². The third-order valence-corrected chi connectivity index (χ3v) is 5.36. The molecule has 7 nitrogen and oxygen atoms in total. The molecule has 0 spiro atoms. The van der Waals surface area contributed by atoms with Crippen molar-refractivity contribution in [2.24, 2.45) is 0 Å². The number of nitrogens with zero attached hydrogens (tertiary/aromatic N) is 1. The molecule has 1 heterocycles. The van der Waals surface area contributed by atoms with E-state index in [0.29, 0.717) is 22.7 Å². The van der Waals surface area contributed by atoms with Crippen LogP contribution in [0.2, 0.25) is 0 Å². The van der Waals surface area contributed by atoms with Gasteiger partial charge in [0.1, 0.15) is 11.3 Å². The summed E-state index contributed by atoms with van der Waals surface area (Å²) in [7, 11) is 0. The van der Waals surface area contributed by atoms with Crippen molar-refractivity contribution >= 4 is 51.1 Å². The molecule has 1 fully saturated rings. The third-order valence-electron chi connectivity index (χ3n) is 4.87. The van der Waals surface area contributed by atoms with Gasteiger partial charge in [-0.15, -0.1) is 0 Å². The molecule has 33 heavy (non-hydrogen) atoms. The number of rotatable bonds is 6. The Labute approximate surface area is 199 Å². The van der Waals surface area contributed by atoms with Gasteiger partial charge in [-0.1, -0.05) is 51.8 Å². The summed E-state index contributed by atoms with van der Waals surface area (Å²) in [4.78, 5) is 37.7. The highest BCUT2D eigenvalue weighted by molar-refractivity contribution is 9.10. The fourth-order valence-electron chi connectivity index (χ4n) is 3.21. The average Bonchev–Trinajstić information content (AvgIpc) is 3.09. The molecule has 0 bridgehead atoms. The molecule has 0 unspecified atom stereocenters. The number of para-hydroxylation sites is 1. The van der Waals surface area contributed by atoms with Crippen LogP contribution in [0.1, 0.15) is 11.1 Å². The molecule has 0 atom stereocenters. The standard InChI is InChI=1S/C25H20BrN3O4/c1-16-7-10-19(11-8-16)27-23(30)15-33-22-12-9-18(26)13-17(22)14-21-24(31)28-29(25(21)32)20-5-3-2-4-6-20/h2-14H,15H2,1H3,(H,27,30)(H,28,31)/b21-14-. The minimum atomic E-state index is -0.521. The molecule has 3 aromatic rings. The van der Waals surface area contributed by atoms with Gasteiger partial charge in [-0.05, 0) is 55.5 Å². The fraction of sp³-hybridized carbons (Fsp3) is 0.0800. The fourth-order valence-corrected chi connectivity index (χ4v) is 3.59. The quantitative estimate of drug-likeness (QED) is 0.387. The summed E-state index contributed by atoms with van der Waals surface area (Å²) >= 11 is 3.39. The third kappa shape index (κ3) is 5.30. The zero-order valence-corrected chi connectivity index (χ0v) is 19.3. The van der Waals surface area contributed by atoms with E-state index in [1.54, 1.807) is 42.5 Å². The van der Waals surface area contributed by atoms with E-state index in [1.165, 1.54) is 11.1 Å². The first-order chi connectivity index (χ1) is 15.9. The van der Waals surface area contributed by atoms with E-state index in [2.05, 4.69) is 26.7 Å². The monoisotopic (exact) mass is 505 g/mol. The molecule has 8 heteroatoms. The Morgan fingerprint density at radius 3 is 2.52 bits per heavy atom. The number of hydrogen-bond acceptors (Lipinski definition) is 4. The Morgan fingerprint density at radius 1 is 1.06 bits per heavy atom. The zero-order chi connectivity index (χ0) is 23.4. The van der Waals surface area contributed by atoms with Crippen molar-refractivity contribution in [1.29, 1.82) is 0 Å². The van der Waals surface area contributed by atoms with Crippen LogP contribution in [0.3, 0.4) is 0 Å². The maximum absolute atomic E-state index is 12.9. The van der Waals surface area contributed by atoms with Crippen LogP contribution in [-0.2, 0) is 14.4 Å². The summed E-state index contributed by atoms with van der Waals surface area (Å²) in [5.41, 5.74) is 5.33. The lowest BCUT2D eigenvalue weighted by Crippen LogP contribution is -2.35. The van der Waals surface area contributed by atoms with Crippen molar-refractivity contribution in [1.82, 2.24) is 5.43 Å². The number of hydrogen-bond donors (Lipinski definition) is 2. The number of benzene rings is 3. The van der Waals surface area contributed by atoms with Crippen molar-refractivity contribution in [2.75, 3.05) is 16.9 Å². The number of carbonyl (C=O) groups is 3. The van der Waals surface area contributed by atoms with E-state index < -0.39 is 11.8 Å². The second-order valence-corrected chi connectivity index (χ2v) is 8.28. The molecule has 0 aromatic heterocycles. The van der Waals surface area contributed by atoms with Crippen LogP contribution in [0.5, 0.6) is 5.75 Å². The minimum absolute atomic E-state index is 0.0362. The van der Waals surface area contributed by atoms with Gasteiger partial charge in [0.25, 0.3) is 17.7 Å². The van der Waals surface area contributed by atoms with Gasteiger partial charge < -0.3 is 10.1 Å². The highest BCUT2D eigenvalue weighted by atomic mass is 79.9. The van der Waals surface area contributed by atoms with Crippen LogP contribution in [0.25, 0.3) is 6.08 Å². The highest BCUT2D eigenvalue weighted by Gasteiger charge is 2.34. The summed E-state index contributed by atoms with van der Waals surface area (Å²) in [6.45, 7) is 1.73. The van der Waals surface area contributed by atoms with E-state index in [1.807, 2.05) is 37.3 Å². The zero-order valence-electron chi connectivity index (χ0n) is 17.7. The van der Waals surface area contributed by atoms with Gasteiger partial charge in [-0.3, -0.25) is 19.8 Å². The van der Waals surface area contributed by atoms with Crippen LogP contribution in [-0.4, -0.2) is 24.3 Å². The van der Waals surface area contributed by atoms with E-state index in [0.717, 1.165) is 10.0 Å². The van der Waals surface area contributed by atoms with Crippen molar-refractivity contribution in [3.8, 4) is 5.75 Å². The number of amides is 3. The number of hydrazine groups is 1. The largest absolute Gasteiger partial charge is 0.483 e. The van der Waals surface area contributed by atoms with Crippen LogP contribution in [0.15, 0.2) is 82.8 Å². The second-order valence-electron chi connectivity index (χ2n) is 7.36. The highest BCUT2D eigenvalue weighted by Crippen LogP contribution is 2.28. The van der Waals surface area contributed by atoms with E-state index >= 15 is 0 Å². The lowest BCUT2D eigenvalue weighted by atomic mass is 10.1. The lowest BCUT2D eigenvalue weighted by Gasteiger charge is -2.14. The van der Waals surface area contributed by atoms with E-state index in [4.69, 9.17) is 4.74 Å². The normalized spacial score (nSPS) is 14.4. The molecule has 0 saturated carbocycles. The van der Waals surface area contributed by atoms with Gasteiger partial charge in [0, 0.05) is 15.7 Å². The number of carbonyl (C=O) groups excluding carboxylic acids is 3. The van der Waals surface area contributed by atoms with Gasteiger partial charge >= 0.3 is 0 Å². The van der Waals surface area contributed by atoms with Gasteiger partial charge in [0.05, 0.1) is 5.69 Å². The second kappa shape index (κ2) is 9.70.